The summed E-state index contributed by atoms with van der Waals surface area (Å²) in [6.07, 6.45) is 2.30. The molecule has 4 heteroatoms. The van der Waals surface area contributed by atoms with E-state index in [2.05, 4.69) is 58.3 Å². The van der Waals surface area contributed by atoms with Crippen molar-refractivity contribution in [2.45, 2.75) is 24.7 Å². The quantitative estimate of drug-likeness (QED) is 0.498. The lowest BCUT2D eigenvalue weighted by molar-refractivity contribution is 0.0781. The van der Waals surface area contributed by atoms with Crippen LogP contribution in [0.3, 0.4) is 0 Å². The minimum Gasteiger partial charge on any atom is -0.496 e. The van der Waals surface area contributed by atoms with Gasteiger partial charge in [-0.2, -0.15) is 0 Å². The van der Waals surface area contributed by atoms with Gasteiger partial charge in [-0.05, 0) is 67.1 Å². The predicted octanol–water partition coefficient (Wildman–Crippen LogP) is 5.43. The van der Waals surface area contributed by atoms with Crippen molar-refractivity contribution in [3.05, 3.63) is 102 Å². The molecule has 1 amide bonds. The van der Waals surface area contributed by atoms with Crippen LogP contribution in [0, 0.1) is 5.92 Å². The minimum atomic E-state index is 0.152. The molecule has 2 aliphatic heterocycles. The molecule has 5 rings (SSSR count). The summed E-state index contributed by atoms with van der Waals surface area (Å²) >= 11 is 0. The molecular formula is C30H34N2O2. The van der Waals surface area contributed by atoms with E-state index in [-0.39, 0.29) is 5.91 Å². The van der Waals surface area contributed by atoms with Gasteiger partial charge < -0.3 is 14.5 Å². The molecule has 0 radical (unpaired) electrons. The molecule has 0 aliphatic carbocycles. The van der Waals surface area contributed by atoms with Crippen molar-refractivity contribution in [3.63, 3.8) is 0 Å². The molecule has 0 spiro atoms. The number of carbonyl (C=O) groups excluding carboxylic acids is 1. The SMILES string of the molecule is COc1ccccc1C1CCN(CC2CN(C(=O)c3ccccc3)CC2c2ccccc2)CC1. The Kier molecular flexibility index (Phi) is 6.96. The zero-order valence-corrected chi connectivity index (χ0v) is 20.0. The second kappa shape index (κ2) is 10.4. The van der Waals surface area contributed by atoms with Gasteiger partial charge in [0, 0.05) is 31.1 Å². The van der Waals surface area contributed by atoms with Crippen molar-refractivity contribution in [2.24, 2.45) is 5.92 Å². The molecule has 176 valence electrons. The predicted molar refractivity (Wildman–Crippen MR) is 136 cm³/mol. The molecule has 34 heavy (non-hydrogen) atoms. The van der Waals surface area contributed by atoms with Gasteiger partial charge >= 0.3 is 0 Å². The highest BCUT2D eigenvalue weighted by Crippen LogP contribution is 2.37. The molecule has 2 saturated heterocycles. The number of methoxy groups -OCH3 is 1. The third kappa shape index (κ3) is 4.88. The molecular weight excluding hydrogens is 420 g/mol. The Balaban J connectivity index is 1.27. The fourth-order valence-corrected chi connectivity index (χ4v) is 5.83. The molecule has 2 atom stereocenters. The Morgan fingerprint density at radius 2 is 1.50 bits per heavy atom. The van der Waals surface area contributed by atoms with Crippen LogP contribution in [0.2, 0.25) is 0 Å². The monoisotopic (exact) mass is 454 g/mol. The van der Waals surface area contributed by atoms with Crippen molar-refractivity contribution in [2.75, 3.05) is 39.8 Å². The van der Waals surface area contributed by atoms with Gasteiger partial charge in [-0.15, -0.1) is 0 Å². The number of likely N-dealkylation sites (tertiary alicyclic amines) is 2. The van der Waals surface area contributed by atoms with Crippen LogP contribution in [-0.2, 0) is 0 Å². The Bertz CT molecular complexity index is 1080. The first-order valence-corrected chi connectivity index (χ1v) is 12.5. The van der Waals surface area contributed by atoms with Gasteiger partial charge in [0.25, 0.3) is 5.91 Å². The summed E-state index contributed by atoms with van der Waals surface area (Å²) in [5.74, 6) is 2.53. The van der Waals surface area contributed by atoms with Gasteiger partial charge in [-0.1, -0.05) is 66.7 Å². The van der Waals surface area contributed by atoms with E-state index in [0.29, 0.717) is 17.8 Å². The second-order valence-corrected chi connectivity index (χ2v) is 9.67. The summed E-state index contributed by atoms with van der Waals surface area (Å²) in [6, 6.07) is 28.9. The molecule has 2 aliphatic rings. The lowest BCUT2D eigenvalue weighted by atomic mass is 9.86. The first-order valence-electron chi connectivity index (χ1n) is 12.5. The van der Waals surface area contributed by atoms with Crippen LogP contribution >= 0.6 is 0 Å². The molecule has 0 bridgehead atoms. The molecule has 0 aromatic heterocycles. The standard InChI is InChI=1S/C30H34N2O2/c1-34-29-15-9-8-14-27(29)24-16-18-31(19-17-24)20-26-21-32(30(33)25-12-6-3-7-13-25)22-28(26)23-10-4-2-5-11-23/h2-15,24,26,28H,16-22H2,1H3. The van der Waals surface area contributed by atoms with Gasteiger partial charge in [0.1, 0.15) is 5.75 Å². The molecule has 0 saturated carbocycles. The van der Waals surface area contributed by atoms with Crippen molar-refractivity contribution in [3.8, 4) is 5.75 Å². The number of piperidine rings is 1. The first-order chi connectivity index (χ1) is 16.7. The summed E-state index contributed by atoms with van der Waals surface area (Å²) in [5.41, 5.74) is 3.47. The maximum absolute atomic E-state index is 13.2. The number of nitrogens with zero attached hydrogens (tertiary/aromatic N) is 2. The topological polar surface area (TPSA) is 32.8 Å². The molecule has 2 fully saturated rings. The van der Waals surface area contributed by atoms with Crippen LogP contribution in [0.5, 0.6) is 5.75 Å². The van der Waals surface area contributed by atoms with Crippen LogP contribution in [0.4, 0.5) is 0 Å². The Labute approximate surface area is 203 Å². The fraction of sp³-hybridized carbons (Fsp3) is 0.367. The third-order valence-corrected chi connectivity index (χ3v) is 7.64. The number of hydrogen-bond donors (Lipinski definition) is 0. The molecule has 2 heterocycles. The van der Waals surface area contributed by atoms with E-state index in [0.717, 1.165) is 56.9 Å². The third-order valence-electron chi connectivity index (χ3n) is 7.64. The highest BCUT2D eigenvalue weighted by Gasteiger charge is 2.38. The van der Waals surface area contributed by atoms with Crippen molar-refractivity contribution in [1.29, 1.82) is 0 Å². The van der Waals surface area contributed by atoms with Crippen LogP contribution < -0.4 is 4.74 Å². The lowest BCUT2D eigenvalue weighted by Gasteiger charge is -2.35. The van der Waals surface area contributed by atoms with Crippen molar-refractivity contribution in [1.82, 2.24) is 9.80 Å². The molecule has 4 nitrogen and oxygen atoms in total. The second-order valence-electron chi connectivity index (χ2n) is 9.67. The van der Waals surface area contributed by atoms with Crippen molar-refractivity contribution < 1.29 is 9.53 Å². The Morgan fingerprint density at radius 3 is 2.21 bits per heavy atom. The summed E-state index contributed by atoms with van der Waals surface area (Å²) in [7, 11) is 1.76. The van der Waals surface area contributed by atoms with Crippen LogP contribution in [0.15, 0.2) is 84.9 Å². The molecule has 3 aromatic rings. The minimum absolute atomic E-state index is 0.152. The van der Waals surface area contributed by atoms with Gasteiger partial charge in [0.05, 0.1) is 7.11 Å². The summed E-state index contributed by atoms with van der Waals surface area (Å²) < 4.78 is 5.62. The number of carbonyl (C=O) groups is 1. The maximum Gasteiger partial charge on any atom is 0.253 e. The Hall–Kier alpha value is -3.11. The number of hydrogen-bond acceptors (Lipinski definition) is 3. The highest BCUT2D eigenvalue weighted by atomic mass is 16.5. The Morgan fingerprint density at radius 1 is 0.853 bits per heavy atom. The zero-order chi connectivity index (χ0) is 23.3. The fourth-order valence-electron chi connectivity index (χ4n) is 5.83. The number of para-hydroxylation sites is 1. The van der Waals surface area contributed by atoms with Gasteiger partial charge in [-0.3, -0.25) is 4.79 Å². The van der Waals surface area contributed by atoms with E-state index in [9.17, 15) is 4.79 Å². The summed E-state index contributed by atoms with van der Waals surface area (Å²) in [5, 5.41) is 0. The van der Waals surface area contributed by atoms with E-state index in [1.807, 2.05) is 36.4 Å². The number of benzene rings is 3. The van der Waals surface area contributed by atoms with Crippen LogP contribution in [-0.4, -0.2) is 55.5 Å². The highest BCUT2D eigenvalue weighted by molar-refractivity contribution is 5.94. The summed E-state index contributed by atoms with van der Waals surface area (Å²) in [6.45, 7) is 4.83. The zero-order valence-electron chi connectivity index (χ0n) is 20.0. The van der Waals surface area contributed by atoms with E-state index in [1.165, 1.54) is 11.1 Å². The van der Waals surface area contributed by atoms with Gasteiger partial charge in [0.2, 0.25) is 0 Å². The van der Waals surface area contributed by atoms with Crippen LogP contribution in [0.1, 0.15) is 46.2 Å². The molecule has 3 aromatic carbocycles. The average Bonchev–Trinajstić information content (AvgIpc) is 3.33. The van der Waals surface area contributed by atoms with Crippen LogP contribution in [0.25, 0.3) is 0 Å². The average molecular weight is 455 g/mol. The number of rotatable bonds is 6. The van der Waals surface area contributed by atoms with E-state index >= 15 is 0 Å². The maximum atomic E-state index is 13.2. The molecule has 2 unspecified atom stereocenters. The largest absolute Gasteiger partial charge is 0.496 e. The number of ether oxygens (including phenoxy) is 1. The van der Waals surface area contributed by atoms with E-state index in [4.69, 9.17) is 4.74 Å². The van der Waals surface area contributed by atoms with Gasteiger partial charge in [0.15, 0.2) is 0 Å². The van der Waals surface area contributed by atoms with Gasteiger partial charge in [-0.25, -0.2) is 0 Å². The van der Waals surface area contributed by atoms with E-state index < -0.39 is 0 Å². The van der Waals surface area contributed by atoms with E-state index in [1.54, 1.807) is 7.11 Å². The number of amides is 1. The van der Waals surface area contributed by atoms with Crippen molar-refractivity contribution >= 4 is 5.91 Å². The summed E-state index contributed by atoms with van der Waals surface area (Å²) in [4.78, 5) is 17.9. The first kappa shape index (κ1) is 22.7. The normalized spacial score (nSPS) is 21.5. The smallest absolute Gasteiger partial charge is 0.253 e. The molecule has 0 N–H and O–H groups in total. The lowest BCUT2D eigenvalue weighted by Crippen LogP contribution is -2.38.